The molecule has 0 unspecified atom stereocenters. The third kappa shape index (κ3) is 3.05. The fourth-order valence-electron chi connectivity index (χ4n) is 2.16. The molecule has 2 rings (SSSR count). The first-order valence-electron chi connectivity index (χ1n) is 6.23. The van der Waals surface area contributed by atoms with Gasteiger partial charge in [-0.05, 0) is 12.1 Å². The van der Waals surface area contributed by atoms with Crippen molar-refractivity contribution in [3.63, 3.8) is 0 Å². The smallest absolute Gasteiger partial charge is 0.305 e. The van der Waals surface area contributed by atoms with Gasteiger partial charge in [-0.15, -0.1) is 0 Å². The summed E-state index contributed by atoms with van der Waals surface area (Å²) in [5, 5.41) is 8.91. The second-order valence-corrected chi connectivity index (χ2v) is 4.39. The topological polar surface area (TPSA) is 89.0 Å². The molecule has 7 nitrogen and oxygen atoms in total. The standard InChI is InChI=1S/C13H16N2O5/c1-19-12-10(3-2-4-14-12)13(18)15-5-6-20-8-9(15)7-11(16)17/h2-4,9H,5-8H2,1H3,(H,16,17)/t9-/m1/s1. The van der Waals surface area contributed by atoms with Gasteiger partial charge in [0.05, 0.1) is 32.8 Å². The lowest BCUT2D eigenvalue weighted by Crippen LogP contribution is -2.49. The van der Waals surface area contributed by atoms with E-state index in [0.717, 1.165) is 0 Å². The molecule has 0 aromatic carbocycles. The number of ether oxygens (including phenoxy) is 2. The van der Waals surface area contributed by atoms with Gasteiger partial charge < -0.3 is 19.5 Å². The average molecular weight is 280 g/mol. The number of amides is 1. The zero-order valence-electron chi connectivity index (χ0n) is 11.1. The molecule has 1 fully saturated rings. The van der Waals surface area contributed by atoms with Crippen LogP contribution in [-0.4, -0.2) is 59.8 Å². The van der Waals surface area contributed by atoms with Crippen LogP contribution >= 0.6 is 0 Å². The minimum absolute atomic E-state index is 0.145. The molecule has 7 heteroatoms. The molecule has 1 atom stereocenters. The van der Waals surface area contributed by atoms with Crippen LogP contribution in [0.25, 0.3) is 0 Å². The number of aromatic nitrogens is 1. The molecule has 0 saturated carbocycles. The maximum atomic E-state index is 12.5. The summed E-state index contributed by atoms with van der Waals surface area (Å²) in [7, 11) is 1.44. The van der Waals surface area contributed by atoms with Crippen LogP contribution < -0.4 is 4.74 Å². The molecule has 1 saturated heterocycles. The van der Waals surface area contributed by atoms with Crippen molar-refractivity contribution in [2.75, 3.05) is 26.9 Å². The number of morpholine rings is 1. The normalized spacial score (nSPS) is 18.6. The lowest BCUT2D eigenvalue weighted by atomic mass is 10.1. The first-order chi connectivity index (χ1) is 9.63. The van der Waals surface area contributed by atoms with E-state index in [1.165, 1.54) is 18.2 Å². The molecule has 0 bridgehead atoms. The number of hydrogen-bond acceptors (Lipinski definition) is 5. The Bertz CT molecular complexity index is 505. The number of carboxylic acids is 1. The number of carboxylic acid groups (broad SMARTS) is 1. The summed E-state index contributed by atoms with van der Waals surface area (Å²) in [6.07, 6.45) is 1.39. The van der Waals surface area contributed by atoms with Crippen LogP contribution in [0.5, 0.6) is 5.88 Å². The summed E-state index contributed by atoms with van der Waals surface area (Å²) in [5.41, 5.74) is 0.326. The monoisotopic (exact) mass is 280 g/mol. The van der Waals surface area contributed by atoms with E-state index in [0.29, 0.717) is 18.7 Å². The van der Waals surface area contributed by atoms with Crippen molar-refractivity contribution in [2.45, 2.75) is 12.5 Å². The van der Waals surface area contributed by atoms with Gasteiger partial charge in [-0.1, -0.05) is 0 Å². The Morgan fingerprint density at radius 1 is 1.60 bits per heavy atom. The van der Waals surface area contributed by atoms with E-state index in [2.05, 4.69) is 4.98 Å². The van der Waals surface area contributed by atoms with Crippen LogP contribution in [-0.2, 0) is 9.53 Å². The lowest BCUT2D eigenvalue weighted by molar-refractivity contribution is -0.139. The number of aliphatic carboxylic acids is 1. The maximum Gasteiger partial charge on any atom is 0.305 e. The van der Waals surface area contributed by atoms with Crippen molar-refractivity contribution in [2.24, 2.45) is 0 Å². The highest BCUT2D eigenvalue weighted by molar-refractivity contribution is 5.96. The number of carbonyl (C=O) groups is 2. The minimum Gasteiger partial charge on any atom is -0.481 e. The predicted octanol–water partition coefficient (Wildman–Crippen LogP) is 0.406. The van der Waals surface area contributed by atoms with Gasteiger partial charge in [0.15, 0.2) is 0 Å². The van der Waals surface area contributed by atoms with Gasteiger partial charge in [0.1, 0.15) is 5.56 Å². The molecular formula is C13H16N2O5. The van der Waals surface area contributed by atoms with Gasteiger partial charge in [0.2, 0.25) is 5.88 Å². The average Bonchev–Trinajstić information content (AvgIpc) is 2.46. The van der Waals surface area contributed by atoms with Crippen LogP contribution in [0.2, 0.25) is 0 Å². The van der Waals surface area contributed by atoms with E-state index in [1.807, 2.05) is 0 Å². The summed E-state index contributed by atoms with van der Waals surface area (Å²) in [5.74, 6) is -1.01. The van der Waals surface area contributed by atoms with Gasteiger partial charge in [0.25, 0.3) is 5.91 Å². The predicted molar refractivity (Wildman–Crippen MR) is 68.7 cm³/mol. The van der Waals surface area contributed by atoms with Gasteiger partial charge in [-0.2, -0.15) is 0 Å². The molecule has 108 valence electrons. The van der Waals surface area contributed by atoms with Gasteiger partial charge in [-0.3, -0.25) is 9.59 Å². The van der Waals surface area contributed by atoms with Crippen LogP contribution in [0.1, 0.15) is 16.8 Å². The molecule has 0 radical (unpaired) electrons. The molecule has 20 heavy (non-hydrogen) atoms. The van der Waals surface area contributed by atoms with E-state index in [9.17, 15) is 9.59 Å². The maximum absolute atomic E-state index is 12.5. The fraction of sp³-hybridized carbons (Fsp3) is 0.462. The summed E-state index contributed by atoms with van der Waals surface area (Å²) >= 11 is 0. The Balaban J connectivity index is 2.23. The third-order valence-electron chi connectivity index (χ3n) is 3.09. The van der Waals surface area contributed by atoms with Gasteiger partial charge in [-0.25, -0.2) is 4.98 Å². The molecule has 1 amide bonds. The quantitative estimate of drug-likeness (QED) is 0.859. The van der Waals surface area contributed by atoms with Crippen LogP contribution in [0.4, 0.5) is 0 Å². The van der Waals surface area contributed by atoms with Crippen molar-refractivity contribution in [1.29, 1.82) is 0 Å². The molecule has 1 aromatic heterocycles. The SMILES string of the molecule is COc1ncccc1C(=O)N1CCOC[C@H]1CC(=O)O. The molecule has 2 heterocycles. The van der Waals surface area contributed by atoms with E-state index in [-0.39, 0.29) is 24.8 Å². The highest BCUT2D eigenvalue weighted by Gasteiger charge is 2.31. The van der Waals surface area contributed by atoms with Crippen LogP contribution in [0.15, 0.2) is 18.3 Å². The van der Waals surface area contributed by atoms with E-state index < -0.39 is 12.0 Å². The fourth-order valence-corrected chi connectivity index (χ4v) is 2.16. The second-order valence-electron chi connectivity index (χ2n) is 4.39. The summed E-state index contributed by atoms with van der Waals surface area (Å²) in [4.78, 5) is 28.9. The van der Waals surface area contributed by atoms with E-state index in [4.69, 9.17) is 14.6 Å². The summed E-state index contributed by atoms with van der Waals surface area (Å²) in [6, 6.07) is 2.78. The molecule has 1 aliphatic rings. The van der Waals surface area contributed by atoms with Crippen molar-refractivity contribution >= 4 is 11.9 Å². The van der Waals surface area contributed by atoms with Crippen molar-refractivity contribution in [1.82, 2.24) is 9.88 Å². The highest BCUT2D eigenvalue weighted by atomic mass is 16.5. The first kappa shape index (κ1) is 14.3. The van der Waals surface area contributed by atoms with E-state index in [1.54, 1.807) is 12.1 Å². The van der Waals surface area contributed by atoms with Crippen LogP contribution in [0.3, 0.4) is 0 Å². The Kier molecular flexibility index (Phi) is 4.52. The Morgan fingerprint density at radius 2 is 2.40 bits per heavy atom. The zero-order chi connectivity index (χ0) is 14.5. The molecule has 0 aliphatic carbocycles. The van der Waals surface area contributed by atoms with Gasteiger partial charge in [0, 0.05) is 12.7 Å². The molecule has 0 spiro atoms. The number of rotatable bonds is 4. The Labute approximate surface area is 116 Å². The number of carbonyl (C=O) groups excluding carboxylic acids is 1. The van der Waals surface area contributed by atoms with Crippen molar-refractivity contribution in [3.8, 4) is 5.88 Å². The number of nitrogens with zero attached hydrogens (tertiary/aromatic N) is 2. The minimum atomic E-state index is -0.962. The van der Waals surface area contributed by atoms with E-state index >= 15 is 0 Å². The Hall–Kier alpha value is -2.15. The zero-order valence-corrected chi connectivity index (χ0v) is 11.1. The number of hydrogen-bond donors (Lipinski definition) is 1. The van der Waals surface area contributed by atoms with Gasteiger partial charge >= 0.3 is 5.97 Å². The molecule has 1 aliphatic heterocycles. The number of pyridine rings is 1. The Morgan fingerprint density at radius 3 is 3.10 bits per heavy atom. The molecule has 1 aromatic rings. The molecule has 1 N–H and O–H groups in total. The number of methoxy groups -OCH3 is 1. The summed E-state index contributed by atoms with van der Waals surface area (Å²) in [6.45, 7) is 0.972. The first-order valence-corrected chi connectivity index (χ1v) is 6.23. The lowest BCUT2D eigenvalue weighted by Gasteiger charge is -2.34. The summed E-state index contributed by atoms with van der Waals surface area (Å²) < 4.78 is 10.3. The van der Waals surface area contributed by atoms with Crippen molar-refractivity contribution in [3.05, 3.63) is 23.9 Å². The largest absolute Gasteiger partial charge is 0.481 e. The molecular weight excluding hydrogens is 264 g/mol. The second kappa shape index (κ2) is 6.33. The van der Waals surface area contributed by atoms with Crippen LogP contribution in [0, 0.1) is 0 Å². The highest BCUT2D eigenvalue weighted by Crippen LogP contribution is 2.20. The third-order valence-corrected chi connectivity index (χ3v) is 3.09. The van der Waals surface area contributed by atoms with Crippen molar-refractivity contribution < 1.29 is 24.2 Å².